The van der Waals surface area contributed by atoms with Crippen molar-refractivity contribution in [2.24, 2.45) is 5.73 Å². The molecule has 5 N–H and O–H groups in total. The molecule has 0 aliphatic heterocycles. The number of anilines is 1. The average molecular weight is 481 g/mol. The Kier molecular flexibility index (Phi) is 5.95. The number of pyridine rings is 2. The topological polar surface area (TPSA) is 142 Å². The molecule has 0 aliphatic carbocycles. The maximum absolute atomic E-state index is 12.3. The Hall–Kier alpha value is -4.92. The van der Waals surface area contributed by atoms with Gasteiger partial charge in [-0.1, -0.05) is 24.3 Å². The van der Waals surface area contributed by atoms with Crippen LogP contribution in [0.1, 0.15) is 21.6 Å². The number of benzene rings is 2. The maximum atomic E-state index is 12.3. The van der Waals surface area contributed by atoms with E-state index < -0.39 is 5.91 Å². The molecule has 1 amide bonds. The van der Waals surface area contributed by atoms with E-state index in [1.807, 2.05) is 55.5 Å². The number of nitrogens with zero attached hydrogens (tertiary/aromatic N) is 3. The third-order valence-electron chi connectivity index (χ3n) is 5.93. The second-order valence-electron chi connectivity index (χ2n) is 8.27. The minimum atomic E-state index is -0.723. The molecule has 3 heterocycles. The molecule has 0 aliphatic rings. The van der Waals surface area contributed by atoms with Crippen LogP contribution in [0.15, 0.2) is 66.9 Å². The minimum absolute atomic E-state index is 0.0197. The van der Waals surface area contributed by atoms with Crippen LogP contribution in [0, 0.1) is 6.92 Å². The average Bonchev–Trinajstić information content (AvgIpc) is 3.37. The molecule has 0 fully saturated rings. The van der Waals surface area contributed by atoms with Gasteiger partial charge in [-0.2, -0.15) is 5.10 Å². The third-order valence-corrected chi connectivity index (χ3v) is 5.93. The zero-order valence-corrected chi connectivity index (χ0v) is 19.8. The van der Waals surface area contributed by atoms with Crippen LogP contribution < -0.4 is 20.9 Å². The van der Waals surface area contributed by atoms with Crippen LogP contribution in [0.25, 0.3) is 33.4 Å². The number of hydrogen-bond donors (Lipinski definition) is 3. The fourth-order valence-electron chi connectivity index (χ4n) is 4.08. The minimum Gasteiger partial charge on any atom is -0.497 e. The van der Waals surface area contributed by atoms with Crippen LogP contribution in [0.5, 0.6) is 11.6 Å². The number of primary amides is 1. The Morgan fingerprint density at radius 3 is 2.58 bits per heavy atom. The van der Waals surface area contributed by atoms with Crippen molar-refractivity contribution in [1.82, 2.24) is 20.2 Å². The number of aryl methyl sites for hydroxylation is 1. The number of carbonyl (C=O) groups is 1. The maximum Gasteiger partial charge on any atom is 0.269 e. The highest BCUT2D eigenvalue weighted by Crippen LogP contribution is 2.37. The van der Waals surface area contributed by atoms with E-state index in [1.165, 1.54) is 0 Å². The summed E-state index contributed by atoms with van der Waals surface area (Å²) in [5, 5.41) is 8.00. The zero-order chi connectivity index (χ0) is 25.2. The number of hydrogen-bond acceptors (Lipinski definition) is 7. The number of nitrogen functional groups attached to an aromatic ring is 1. The van der Waals surface area contributed by atoms with Crippen LogP contribution in [0.2, 0.25) is 0 Å². The van der Waals surface area contributed by atoms with Gasteiger partial charge in [0.05, 0.1) is 35.9 Å². The molecule has 0 unspecified atom stereocenters. The standard InChI is InChI=1S/C27H24N6O3/c1-15-6-11-20-19(13-30-33-20)24(15)18-12-22(32-26(25(18)28)27(29)34)21-4-3-5-23(31-21)36-14-16-7-9-17(35-2)10-8-16/h3-13H,14,28H2,1-2H3,(H2,29,34)(H,30,33). The summed E-state index contributed by atoms with van der Waals surface area (Å²) in [7, 11) is 1.62. The summed E-state index contributed by atoms with van der Waals surface area (Å²) in [5.74, 6) is 0.465. The molecule has 0 atom stereocenters. The van der Waals surface area contributed by atoms with Gasteiger partial charge < -0.3 is 20.9 Å². The second-order valence-corrected chi connectivity index (χ2v) is 8.27. The predicted molar refractivity (Wildman–Crippen MR) is 138 cm³/mol. The molecule has 36 heavy (non-hydrogen) atoms. The molecule has 0 saturated heterocycles. The van der Waals surface area contributed by atoms with E-state index in [9.17, 15) is 4.79 Å². The summed E-state index contributed by atoms with van der Waals surface area (Å²) >= 11 is 0. The van der Waals surface area contributed by atoms with Crippen LogP contribution in [0.3, 0.4) is 0 Å². The van der Waals surface area contributed by atoms with Gasteiger partial charge in [0.15, 0.2) is 5.69 Å². The first-order valence-electron chi connectivity index (χ1n) is 11.2. The van der Waals surface area contributed by atoms with E-state index in [1.54, 1.807) is 25.4 Å². The fraction of sp³-hybridized carbons (Fsp3) is 0.111. The van der Waals surface area contributed by atoms with Crippen molar-refractivity contribution < 1.29 is 14.3 Å². The number of aromatic nitrogens is 4. The Morgan fingerprint density at radius 2 is 1.83 bits per heavy atom. The van der Waals surface area contributed by atoms with Crippen molar-refractivity contribution in [2.75, 3.05) is 12.8 Å². The largest absolute Gasteiger partial charge is 0.497 e. The van der Waals surface area contributed by atoms with Gasteiger partial charge >= 0.3 is 0 Å². The Morgan fingerprint density at radius 1 is 1.03 bits per heavy atom. The molecular formula is C27H24N6O3. The smallest absolute Gasteiger partial charge is 0.269 e. The van der Waals surface area contributed by atoms with E-state index in [0.717, 1.165) is 33.3 Å². The van der Waals surface area contributed by atoms with E-state index in [4.69, 9.17) is 20.9 Å². The number of aromatic amines is 1. The first kappa shape index (κ1) is 22.9. The molecule has 9 heteroatoms. The van der Waals surface area contributed by atoms with E-state index in [-0.39, 0.29) is 11.4 Å². The van der Waals surface area contributed by atoms with Crippen LogP contribution >= 0.6 is 0 Å². The molecule has 0 spiro atoms. The number of methoxy groups -OCH3 is 1. The van der Waals surface area contributed by atoms with Gasteiger partial charge in [-0.25, -0.2) is 9.97 Å². The SMILES string of the molecule is COc1ccc(COc2cccc(-c3cc(-c4c(C)ccc5[nH]ncc45)c(N)c(C(N)=O)n3)n2)cc1. The number of ether oxygens (including phenoxy) is 2. The number of fused-ring (bicyclic) bond motifs is 1. The first-order valence-corrected chi connectivity index (χ1v) is 11.2. The lowest BCUT2D eigenvalue weighted by molar-refractivity contribution is 0.0996. The van der Waals surface area contributed by atoms with Crippen molar-refractivity contribution in [3.8, 4) is 34.1 Å². The summed E-state index contributed by atoms with van der Waals surface area (Å²) in [6, 6.07) is 18.7. The normalized spacial score (nSPS) is 10.9. The highest BCUT2D eigenvalue weighted by atomic mass is 16.5. The van der Waals surface area contributed by atoms with E-state index in [0.29, 0.717) is 29.4 Å². The molecule has 9 nitrogen and oxygen atoms in total. The molecule has 2 aromatic carbocycles. The van der Waals surface area contributed by atoms with Crippen molar-refractivity contribution >= 4 is 22.5 Å². The van der Waals surface area contributed by atoms with Gasteiger partial charge in [0.1, 0.15) is 12.4 Å². The highest BCUT2D eigenvalue weighted by molar-refractivity contribution is 6.05. The van der Waals surface area contributed by atoms with Crippen molar-refractivity contribution in [1.29, 1.82) is 0 Å². The summed E-state index contributed by atoms with van der Waals surface area (Å²) in [6.45, 7) is 2.30. The Labute approximate surface area is 207 Å². The quantitative estimate of drug-likeness (QED) is 0.316. The van der Waals surface area contributed by atoms with Crippen molar-refractivity contribution in [2.45, 2.75) is 13.5 Å². The number of carbonyl (C=O) groups excluding carboxylic acids is 1. The third kappa shape index (κ3) is 4.29. The second kappa shape index (κ2) is 9.38. The molecule has 0 radical (unpaired) electrons. The van der Waals surface area contributed by atoms with Crippen molar-refractivity contribution in [3.05, 3.63) is 83.7 Å². The molecule has 0 bridgehead atoms. The number of nitrogens with two attached hydrogens (primary N) is 2. The Bertz CT molecular complexity index is 1580. The lowest BCUT2D eigenvalue weighted by Gasteiger charge is -2.15. The predicted octanol–water partition coefficient (Wildman–Crippen LogP) is 4.26. The fourth-order valence-corrected chi connectivity index (χ4v) is 4.08. The summed E-state index contributed by atoms with van der Waals surface area (Å²) < 4.78 is 11.1. The van der Waals surface area contributed by atoms with E-state index >= 15 is 0 Å². The van der Waals surface area contributed by atoms with E-state index in [2.05, 4.69) is 20.2 Å². The summed E-state index contributed by atoms with van der Waals surface area (Å²) in [5.41, 5.74) is 17.5. The molecular weight excluding hydrogens is 456 g/mol. The van der Waals surface area contributed by atoms with Crippen molar-refractivity contribution in [3.63, 3.8) is 0 Å². The monoisotopic (exact) mass is 480 g/mol. The number of amides is 1. The number of nitrogens with one attached hydrogen (secondary N) is 1. The number of H-pyrrole nitrogens is 1. The lowest BCUT2D eigenvalue weighted by atomic mass is 9.94. The number of rotatable bonds is 7. The van der Waals surface area contributed by atoms with Gasteiger partial charge in [0.25, 0.3) is 5.91 Å². The first-order chi connectivity index (χ1) is 17.4. The summed E-state index contributed by atoms with van der Waals surface area (Å²) in [6.07, 6.45) is 1.73. The van der Waals surface area contributed by atoms with Crippen LogP contribution in [0.4, 0.5) is 5.69 Å². The van der Waals surface area contributed by atoms with Crippen LogP contribution in [-0.4, -0.2) is 33.2 Å². The van der Waals surface area contributed by atoms with Gasteiger partial charge in [-0.05, 0) is 53.9 Å². The van der Waals surface area contributed by atoms with Gasteiger partial charge in [-0.3, -0.25) is 9.89 Å². The van der Waals surface area contributed by atoms with Gasteiger partial charge in [0, 0.05) is 17.0 Å². The molecule has 180 valence electrons. The zero-order valence-electron chi connectivity index (χ0n) is 19.8. The highest BCUT2D eigenvalue weighted by Gasteiger charge is 2.20. The lowest BCUT2D eigenvalue weighted by Crippen LogP contribution is -2.17. The Balaban J connectivity index is 1.55. The molecule has 0 saturated carbocycles. The molecule has 5 aromatic rings. The summed E-state index contributed by atoms with van der Waals surface area (Å²) in [4.78, 5) is 21.3. The molecule has 5 rings (SSSR count). The van der Waals surface area contributed by atoms with Gasteiger partial charge in [-0.15, -0.1) is 0 Å². The van der Waals surface area contributed by atoms with Gasteiger partial charge in [0.2, 0.25) is 5.88 Å². The van der Waals surface area contributed by atoms with Crippen LogP contribution in [-0.2, 0) is 6.61 Å². The molecule has 3 aromatic heterocycles.